The number of likely N-dealkylation sites (N-methyl/N-ethyl adjacent to an activating group) is 1. The largest absolute Gasteiger partial charge is 0.310 e. The number of nitrogens with one attached hydrogen (secondary N) is 1. The van der Waals surface area contributed by atoms with Crippen LogP contribution in [0.5, 0.6) is 0 Å². The number of allylic oxidation sites excluding steroid dienone is 1. The lowest BCUT2D eigenvalue weighted by atomic mass is 10.0. The quantitative estimate of drug-likeness (QED) is 0.770. The molecule has 1 aromatic rings. The van der Waals surface area contributed by atoms with Crippen LogP contribution in [-0.4, -0.2) is 16.8 Å². The topological polar surface area (TPSA) is 29.9 Å². The summed E-state index contributed by atoms with van der Waals surface area (Å²) in [4.78, 5) is 0. The number of hydrogen-bond acceptors (Lipinski definition) is 2. The van der Waals surface area contributed by atoms with Crippen LogP contribution in [0.1, 0.15) is 36.8 Å². The van der Waals surface area contributed by atoms with Crippen molar-refractivity contribution in [3.8, 4) is 0 Å². The zero-order chi connectivity index (χ0) is 11.6. The lowest BCUT2D eigenvalue weighted by Gasteiger charge is -2.13. The molecular formula is C12H21N3. The van der Waals surface area contributed by atoms with Crippen molar-refractivity contribution in [2.24, 2.45) is 7.05 Å². The molecule has 0 radical (unpaired) electrons. The summed E-state index contributed by atoms with van der Waals surface area (Å²) in [6, 6.07) is 0.267. The molecule has 1 rings (SSSR count). The standard InChI is InChI=1S/C12H21N3/c1-8(2)7-11(13-5)12-9(3)14-15(6)10(12)4/h7,11,13H,1-6H3. The van der Waals surface area contributed by atoms with Crippen molar-refractivity contribution in [2.45, 2.75) is 33.7 Å². The van der Waals surface area contributed by atoms with E-state index in [1.807, 2.05) is 18.8 Å². The minimum atomic E-state index is 0.267. The van der Waals surface area contributed by atoms with E-state index in [2.05, 4.69) is 44.2 Å². The molecule has 0 aliphatic heterocycles. The van der Waals surface area contributed by atoms with Gasteiger partial charge in [0.15, 0.2) is 0 Å². The molecule has 0 aromatic carbocycles. The van der Waals surface area contributed by atoms with Gasteiger partial charge in [-0.05, 0) is 34.7 Å². The number of nitrogens with zero attached hydrogens (tertiary/aromatic N) is 2. The Morgan fingerprint density at radius 1 is 1.40 bits per heavy atom. The summed E-state index contributed by atoms with van der Waals surface area (Å²) < 4.78 is 1.94. The summed E-state index contributed by atoms with van der Waals surface area (Å²) >= 11 is 0. The van der Waals surface area contributed by atoms with Crippen LogP contribution in [0.2, 0.25) is 0 Å². The van der Waals surface area contributed by atoms with Crippen LogP contribution in [0, 0.1) is 13.8 Å². The predicted octanol–water partition coefficient (Wildman–Crippen LogP) is 2.26. The lowest BCUT2D eigenvalue weighted by molar-refractivity contribution is 0.693. The van der Waals surface area contributed by atoms with Crippen molar-refractivity contribution >= 4 is 0 Å². The van der Waals surface area contributed by atoms with Crippen LogP contribution in [0.15, 0.2) is 11.6 Å². The fraction of sp³-hybridized carbons (Fsp3) is 0.583. The van der Waals surface area contributed by atoms with Gasteiger partial charge in [-0.1, -0.05) is 11.6 Å². The van der Waals surface area contributed by atoms with Crippen molar-refractivity contribution in [3.63, 3.8) is 0 Å². The Morgan fingerprint density at radius 3 is 2.33 bits per heavy atom. The molecule has 3 nitrogen and oxygen atoms in total. The van der Waals surface area contributed by atoms with Gasteiger partial charge >= 0.3 is 0 Å². The SMILES string of the molecule is CNC(C=C(C)C)c1c(C)nn(C)c1C. The molecule has 0 bridgehead atoms. The Bertz CT molecular complexity index is 370. The number of rotatable bonds is 3. The summed E-state index contributed by atoms with van der Waals surface area (Å²) in [5.74, 6) is 0. The predicted molar refractivity (Wildman–Crippen MR) is 63.9 cm³/mol. The Morgan fingerprint density at radius 2 is 2.00 bits per heavy atom. The van der Waals surface area contributed by atoms with Gasteiger partial charge in [-0.3, -0.25) is 4.68 Å². The molecule has 3 heteroatoms. The zero-order valence-corrected chi connectivity index (χ0v) is 10.5. The molecule has 1 aromatic heterocycles. The third-order valence-electron chi connectivity index (χ3n) is 2.69. The first kappa shape index (κ1) is 12.0. The molecule has 1 unspecified atom stereocenters. The van der Waals surface area contributed by atoms with E-state index < -0.39 is 0 Å². The minimum absolute atomic E-state index is 0.267. The first-order chi connectivity index (χ1) is 6.97. The second-order valence-electron chi connectivity index (χ2n) is 4.22. The molecule has 0 spiro atoms. The van der Waals surface area contributed by atoms with Gasteiger partial charge in [-0.2, -0.15) is 5.10 Å². The second-order valence-corrected chi connectivity index (χ2v) is 4.22. The van der Waals surface area contributed by atoms with E-state index in [0.717, 1.165) is 5.69 Å². The lowest BCUT2D eigenvalue weighted by Crippen LogP contribution is -2.16. The van der Waals surface area contributed by atoms with Crippen molar-refractivity contribution in [3.05, 3.63) is 28.6 Å². The zero-order valence-electron chi connectivity index (χ0n) is 10.5. The normalized spacial score (nSPS) is 12.7. The Hall–Kier alpha value is -1.09. The highest BCUT2D eigenvalue weighted by molar-refractivity contribution is 5.31. The summed E-state index contributed by atoms with van der Waals surface area (Å²) in [6.45, 7) is 8.40. The first-order valence-electron chi connectivity index (χ1n) is 5.29. The Balaban J connectivity index is 3.17. The van der Waals surface area contributed by atoms with E-state index in [4.69, 9.17) is 0 Å². The maximum Gasteiger partial charge on any atom is 0.0647 e. The van der Waals surface area contributed by atoms with Gasteiger partial charge in [-0.25, -0.2) is 0 Å². The van der Waals surface area contributed by atoms with Gasteiger partial charge in [0.25, 0.3) is 0 Å². The molecular weight excluding hydrogens is 186 g/mol. The van der Waals surface area contributed by atoms with Gasteiger partial charge in [0.05, 0.1) is 11.7 Å². The van der Waals surface area contributed by atoms with E-state index in [1.165, 1.54) is 16.8 Å². The molecule has 0 fully saturated rings. The average Bonchev–Trinajstić information content (AvgIpc) is 2.38. The first-order valence-corrected chi connectivity index (χ1v) is 5.29. The van der Waals surface area contributed by atoms with Crippen LogP contribution in [0.25, 0.3) is 0 Å². The maximum atomic E-state index is 4.43. The van der Waals surface area contributed by atoms with E-state index in [-0.39, 0.29) is 6.04 Å². The van der Waals surface area contributed by atoms with E-state index in [0.29, 0.717) is 0 Å². The van der Waals surface area contributed by atoms with Gasteiger partial charge in [0, 0.05) is 18.3 Å². The van der Waals surface area contributed by atoms with Gasteiger partial charge in [0.1, 0.15) is 0 Å². The molecule has 0 saturated carbocycles. The Kier molecular flexibility index (Phi) is 3.69. The fourth-order valence-electron chi connectivity index (χ4n) is 1.88. The third-order valence-corrected chi connectivity index (χ3v) is 2.69. The summed E-state index contributed by atoms with van der Waals surface area (Å²) in [7, 11) is 3.97. The van der Waals surface area contributed by atoms with Crippen LogP contribution in [0.4, 0.5) is 0 Å². The number of aromatic nitrogens is 2. The second kappa shape index (κ2) is 4.62. The fourth-order valence-corrected chi connectivity index (χ4v) is 1.88. The molecule has 84 valence electrons. The Labute approximate surface area is 92.2 Å². The molecule has 0 saturated heterocycles. The van der Waals surface area contributed by atoms with Crippen molar-refractivity contribution in [1.82, 2.24) is 15.1 Å². The molecule has 1 heterocycles. The molecule has 0 amide bonds. The van der Waals surface area contributed by atoms with Gasteiger partial charge < -0.3 is 5.32 Å². The summed E-state index contributed by atoms with van der Waals surface area (Å²) in [5, 5.41) is 7.75. The van der Waals surface area contributed by atoms with E-state index in [1.54, 1.807) is 0 Å². The van der Waals surface area contributed by atoms with Crippen LogP contribution >= 0.6 is 0 Å². The monoisotopic (exact) mass is 207 g/mol. The molecule has 0 aliphatic carbocycles. The average molecular weight is 207 g/mol. The van der Waals surface area contributed by atoms with Crippen LogP contribution < -0.4 is 5.32 Å². The number of aryl methyl sites for hydroxylation is 2. The molecule has 1 atom stereocenters. The minimum Gasteiger partial charge on any atom is -0.310 e. The van der Waals surface area contributed by atoms with Crippen LogP contribution in [0.3, 0.4) is 0 Å². The number of hydrogen-bond donors (Lipinski definition) is 1. The highest BCUT2D eigenvalue weighted by atomic mass is 15.3. The van der Waals surface area contributed by atoms with Gasteiger partial charge in [0.2, 0.25) is 0 Å². The van der Waals surface area contributed by atoms with Gasteiger partial charge in [-0.15, -0.1) is 0 Å². The van der Waals surface area contributed by atoms with Crippen molar-refractivity contribution in [2.75, 3.05) is 7.05 Å². The van der Waals surface area contributed by atoms with E-state index in [9.17, 15) is 0 Å². The molecule has 1 N–H and O–H groups in total. The smallest absolute Gasteiger partial charge is 0.0647 e. The molecule has 0 aliphatic rings. The summed E-state index contributed by atoms with van der Waals surface area (Å²) in [6.07, 6.45) is 2.23. The third kappa shape index (κ3) is 2.48. The van der Waals surface area contributed by atoms with E-state index >= 15 is 0 Å². The van der Waals surface area contributed by atoms with Crippen molar-refractivity contribution < 1.29 is 0 Å². The summed E-state index contributed by atoms with van der Waals surface area (Å²) in [5.41, 5.74) is 4.94. The highest BCUT2D eigenvalue weighted by Gasteiger charge is 2.16. The van der Waals surface area contributed by atoms with Crippen molar-refractivity contribution in [1.29, 1.82) is 0 Å². The maximum absolute atomic E-state index is 4.43. The molecule has 15 heavy (non-hydrogen) atoms. The van der Waals surface area contributed by atoms with Crippen LogP contribution in [-0.2, 0) is 7.05 Å². The highest BCUT2D eigenvalue weighted by Crippen LogP contribution is 2.22.